The fraction of sp³-hybridized carbons (Fsp3) is 0.682. The number of allylic oxidation sites excluding steroid dienone is 4. The lowest BCUT2D eigenvalue weighted by Crippen LogP contribution is -2.50. The molecule has 0 spiro atoms. The summed E-state index contributed by atoms with van der Waals surface area (Å²) in [6.45, 7) is 4.70. The summed E-state index contributed by atoms with van der Waals surface area (Å²) in [6, 6.07) is 0. The van der Waals surface area contributed by atoms with E-state index in [4.69, 9.17) is 0 Å². The second kappa shape index (κ2) is 5.30. The SMILES string of the molecule is C[C@]12CCC(F)(F)CC1=CC[C@@H]1[C@@H]2CC[C@]2(C)C(n3ccnc3)=CC[C@@H]12. The molecule has 0 radical (unpaired) electrons. The molecule has 0 aromatic carbocycles. The first kappa shape index (κ1) is 16.7. The van der Waals surface area contributed by atoms with E-state index < -0.39 is 5.92 Å². The normalized spacial score (nSPS) is 43.8. The summed E-state index contributed by atoms with van der Waals surface area (Å²) in [5.74, 6) is -0.695. The van der Waals surface area contributed by atoms with Gasteiger partial charge in [0.1, 0.15) is 0 Å². The summed E-state index contributed by atoms with van der Waals surface area (Å²) in [6.07, 6.45) is 15.5. The number of alkyl halides is 2. The van der Waals surface area contributed by atoms with Crippen LogP contribution in [0.3, 0.4) is 0 Å². The first-order chi connectivity index (χ1) is 12.3. The van der Waals surface area contributed by atoms with Gasteiger partial charge in [-0.3, -0.25) is 0 Å². The molecule has 0 aliphatic heterocycles. The van der Waals surface area contributed by atoms with Crippen LogP contribution in [-0.2, 0) is 0 Å². The minimum Gasteiger partial charge on any atom is -0.310 e. The van der Waals surface area contributed by atoms with Crippen molar-refractivity contribution in [2.24, 2.45) is 28.6 Å². The first-order valence-electron chi connectivity index (χ1n) is 10.1. The molecule has 2 saturated carbocycles. The number of fused-ring (bicyclic) bond motifs is 5. The van der Waals surface area contributed by atoms with Crippen LogP contribution in [0.2, 0.25) is 0 Å². The quantitative estimate of drug-likeness (QED) is 0.569. The maximum absolute atomic E-state index is 14.0. The Bertz CT molecular complexity index is 778. The van der Waals surface area contributed by atoms with Crippen LogP contribution in [0.4, 0.5) is 8.78 Å². The Balaban J connectivity index is 1.48. The van der Waals surface area contributed by atoms with E-state index in [9.17, 15) is 8.78 Å². The zero-order chi connectivity index (χ0) is 18.2. The lowest BCUT2D eigenvalue weighted by Gasteiger charge is -2.57. The zero-order valence-corrected chi connectivity index (χ0v) is 15.7. The molecule has 0 unspecified atom stereocenters. The van der Waals surface area contributed by atoms with Gasteiger partial charge in [-0.1, -0.05) is 31.6 Å². The molecule has 26 heavy (non-hydrogen) atoms. The van der Waals surface area contributed by atoms with Gasteiger partial charge in [0.15, 0.2) is 0 Å². The molecule has 5 rings (SSSR count). The Kier molecular flexibility index (Phi) is 3.40. The Labute approximate surface area is 154 Å². The lowest BCUT2D eigenvalue weighted by atomic mass is 9.47. The molecule has 140 valence electrons. The van der Waals surface area contributed by atoms with Crippen molar-refractivity contribution in [2.45, 2.75) is 64.7 Å². The van der Waals surface area contributed by atoms with Gasteiger partial charge in [0.25, 0.3) is 5.92 Å². The molecule has 4 heteroatoms. The van der Waals surface area contributed by atoms with Crippen molar-refractivity contribution in [3.63, 3.8) is 0 Å². The highest BCUT2D eigenvalue weighted by molar-refractivity contribution is 5.57. The van der Waals surface area contributed by atoms with Crippen molar-refractivity contribution in [1.82, 2.24) is 9.55 Å². The van der Waals surface area contributed by atoms with Gasteiger partial charge in [-0.15, -0.1) is 0 Å². The van der Waals surface area contributed by atoms with Crippen LogP contribution >= 0.6 is 0 Å². The monoisotopic (exact) mass is 358 g/mol. The third-order valence-electron chi connectivity index (χ3n) is 8.41. The average molecular weight is 358 g/mol. The van der Waals surface area contributed by atoms with Crippen LogP contribution < -0.4 is 0 Å². The van der Waals surface area contributed by atoms with Gasteiger partial charge in [0, 0.05) is 36.3 Å². The molecule has 2 fully saturated rings. The smallest absolute Gasteiger partial charge is 0.251 e. The average Bonchev–Trinajstić information content (AvgIpc) is 3.22. The third-order valence-corrected chi connectivity index (χ3v) is 8.41. The maximum Gasteiger partial charge on any atom is 0.251 e. The van der Waals surface area contributed by atoms with Gasteiger partial charge in [0.2, 0.25) is 0 Å². The van der Waals surface area contributed by atoms with Gasteiger partial charge in [-0.2, -0.15) is 0 Å². The summed E-state index contributed by atoms with van der Waals surface area (Å²) >= 11 is 0. The summed E-state index contributed by atoms with van der Waals surface area (Å²) in [5.41, 5.74) is 2.62. The second-order valence-electron chi connectivity index (χ2n) is 9.54. The van der Waals surface area contributed by atoms with E-state index >= 15 is 0 Å². The number of rotatable bonds is 1. The molecular formula is C22H28F2N2. The molecule has 0 saturated heterocycles. The number of nitrogens with zero attached hydrogens (tertiary/aromatic N) is 2. The van der Waals surface area contributed by atoms with Crippen molar-refractivity contribution >= 4 is 5.70 Å². The lowest BCUT2D eigenvalue weighted by molar-refractivity contribution is -0.0760. The fourth-order valence-corrected chi connectivity index (χ4v) is 6.93. The molecule has 4 aliphatic carbocycles. The van der Waals surface area contributed by atoms with Crippen LogP contribution in [0.1, 0.15) is 58.8 Å². The maximum atomic E-state index is 14.0. The number of hydrogen-bond donors (Lipinski definition) is 0. The first-order valence-corrected chi connectivity index (χ1v) is 10.1. The van der Waals surface area contributed by atoms with E-state index in [1.807, 2.05) is 12.5 Å². The Morgan fingerprint density at radius 2 is 1.88 bits per heavy atom. The number of aromatic nitrogens is 2. The number of hydrogen-bond acceptors (Lipinski definition) is 1. The van der Waals surface area contributed by atoms with E-state index in [1.165, 1.54) is 5.70 Å². The predicted octanol–water partition coefficient (Wildman–Crippen LogP) is 5.93. The Hall–Kier alpha value is -1.45. The molecule has 0 amide bonds. The minimum atomic E-state index is -2.50. The Morgan fingerprint density at radius 1 is 1.04 bits per heavy atom. The third kappa shape index (κ3) is 2.16. The van der Waals surface area contributed by atoms with Crippen molar-refractivity contribution in [3.05, 3.63) is 36.4 Å². The van der Waals surface area contributed by atoms with Gasteiger partial charge in [-0.05, 0) is 55.3 Å². The van der Waals surface area contributed by atoms with Crippen LogP contribution in [0.25, 0.3) is 5.70 Å². The molecular weight excluding hydrogens is 330 g/mol. The zero-order valence-electron chi connectivity index (χ0n) is 15.7. The molecule has 2 nitrogen and oxygen atoms in total. The number of halogens is 2. The van der Waals surface area contributed by atoms with Crippen molar-refractivity contribution in [1.29, 1.82) is 0 Å². The van der Waals surface area contributed by atoms with Crippen LogP contribution in [-0.4, -0.2) is 15.5 Å². The van der Waals surface area contributed by atoms with E-state index in [1.54, 1.807) is 0 Å². The van der Waals surface area contributed by atoms with Crippen molar-refractivity contribution in [3.8, 4) is 0 Å². The van der Waals surface area contributed by atoms with Crippen LogP contribution in [0.5, 0.6) is 0 Å². The highest BCUT2D eigenvalue weighted by Gasteiger charge is 2.58. The van der Waals surface area contributed by atoms with E-state index in [0.717, 1.165) is 31.3 Å². The Morgan fingerprint density at radius 3 is 2.65 bits per heavy atom. The molecule has 5 atom stereocenters. The summed E-state index contributed by atoms with van der Waals surface area (Å²) < 4.78 is 30.2. The predicted molar refractivity (Wildman–Crippen MR) is 98.5 cm³/mol. The second-order valence-corrected chi connectivity index (χ2v) is 9.54. The topological polar surface area (TPSA) is 17.8 Å². The summed E-state index contributed by atoms with van der Waals surface area (Å²) in [5, 5.41) is 0. The molecule has 0 bridgehead atoms. The van der Waals surface area contributed by atoms with E-state index in [2.05, 4.69) is 41.7 Å². The summed E-state index contributed by atoms with van der Waals surface area (Å²) in [7, 11) is 0. The standard InChI is InChI=1S/C22H28F2N2/c1-20-9-10-22(23,24)13-15(20)3-4-16-17-5-6-19(26-12-11-25-14-26)21(17,2)8-7-18(16)20/h3,6,11-12,14,16-18H,4-5,7-10,13H2,1-2H3/t16-,17-,18-,20-,21-/m0/s1. The minimum absolute atomic E-state index is 0.00675. The molecule has 1 aromatic rings. The van der Waals surface area contributed by atoms with E-state index in [-0.39, 0.29) is 23.7 Å². The van der Waals surface area contributed by atoms with Crippen LogP contribution in [0, 0.1) is 28.6 Å². The number of imidazole rings is 1. The van der Waals surface area contributed by atoms with Gasteiger partial charge in [0.05, 0.1) is 6.33 Å². The van der Waals surface area contributed by atoms with Gasteiger partial charge < -0.3 is 4.57 Å². The highest BCUT2D eigenvalue weighted by atomic mass is 19.3. The largest absolute Gasteiger partial charge is 0.310 e. The van der Waals surface area contributed by atoms with E-state index in [0.29, 0.717) is 24.2 Å². The molecule has 4 aliphatic rings. The van der Waals surface area contributed by atoms with Crippen molar-refractivity contribution in [2.75, 3.05) is 0 Å². The van der Waals surface area contributed by atoms with Crippen LogP contribution in [0.15, 0.2) is 36.4 Å². The van der Waals surface area contributed by atoms with Gasteiger partial charge in [-0.25, -0.2) is 13.8 Å². The van der Waals surface area contributed by atoms with Crippen molar-refractivity contribution < 1.29 is 8.78 Å². The highest BCUT2D eigenvalue weighted by Crippen LogP contribution is 2.66. The molecule has 0 N–H and O–H groups in total. The fourth-order valence-electron chi connectivity index (χ4n) is 6.93. The molecule has 1 aromatic heterocycles. The summed E-state index contributed by atoms with van der Waals surface area (Å²) in [4.78, 5) is 4.24. The van der Waals surface area contributed by atoms with Gasteiger partial charge >= 0.3 is 0 Å². The molecule has 1 heterocycles.